The highest BCUT2D eigenvalue weighted by molar-refractivity contribution is 6.31. The molecule has 0 radical (unpaired) electrons. The molecule has 1 aromatic rings. The van der Waals surface area contributed by atoms with Gasteiger partial charge in [0.15, 0.2) is 0 Å². The predicted octanol–water partition coefficient (Wildman–Crippen LogP) is 4.20. The maximum absolute atomic E-state index is 13.8. The molecule has 1 atom stereocenters. The molecule has 1 fully saturated rings. The summed E-state index contributed by atoms with van der Waals surface area (Å²) >= 11 is 5.53. The number of nitrogens with one attached hydrogen (secondary N) is 1. The second-order valence-electron chi connectivity index (χ2n) is 6.92. The van der Waals surface area contributed by atoms with Gasteiger partial charge < -0.3 is 10.1 Å². The molecule has 0 unspecified atom stereocenters. The number of hydrogen-bond donors (Lipinski definition) is 1. The molecule has 1 aromatic carbocycles. The molecule has 10 heteroatoms. The number of anilines is 1. The Morgan fingerprint density at radius 1 is 1.27 bits per heavy atom. The highest BCUT2D eigenvalue weighted by Gasteiger charge is 2.51. The van der Waals surface area contributed by atoms with Gasteiger partial charge >= 0.3 is 6.09 Å². The summed E-state index contributed by atoms with van der Waals surface area (Å²) in [5.41, 5.74) is -1.44. The van der Waals surface area contributed by atoms with Gasteiger partial charge in [0.05, 0.1) is 17.3 Å². The summed E-state index contributed by atoms with van der Waals surface area (Å²) < 4.78 is 59.5. The fraction of sp³-hybridized carbons (Fsp3) is 0.500. The van der Waals surface area contributed by atoms with Crippen LogP contribution in [0.5, 0.6) is 0 Å². The number of nitrogens with zero attached hydrogens (tertiary/aromatic N) is 1. The number of carbonyl (C=O) groups is 2. The van der Waals surface area contributed by atoms with E-state index in [1.165, 1.54) is 0 Å². The number of hydrogen-bond acceptors (Lipinski definition) is 3. The van der Waals surface area contributed by atoms with Crippen molar-refractivity contribution in [1.82, 2.24) is 4.90 Å². The first-order valence-corrected chi connectivity index (χ1v) is 8.00. The number of amides is 2. The largest absolute Gasteiger partial charge is 0.444 e. The van der Waals surface area contributed by atoms with Crippen molar-refractivity contribution in [3.8, 4) is 0 Å². The number of likely N-dealkylation sites (tertiary alicyclic amines) is 1. The van der Waals surface area contributed by atoms with Crippen molar-refractivity contribution in [1.29, 1.82) is 0 Å². The summed E-state index contributed by atoms with van der Waals surface area (Å²) in [5, 5.41) is 1.60. The van der Waals surface area contributed by atoms with Gasteiger partial charge in [-0.25, -0.2) is 22.4 Å². The lowest BCUT2D eigenvalue weighted by Crippen LogP contribution is -2.45. The van der Waals surface area contributed by atoms with Gasteiger partial charge in [0.2, 0.25) is 5.91 Å². The number of carbonyl (C=O) groups excluding carboxylic acids is 2. The van der Waals surface area contributed by atoms with Gasteiger partial charge in [-0.2, -0.15) is 0 Å². The number of rotatable bonds is 2. The van der Waals surface area contributed by atoms with Crippen LogP contribution in [0.2, 0.25) is 5.02 Å². The maximum atomic E-state index is 13.8. The van der Waals surface area contributed by atoms with Crippen LogP contribution in [-0.2, 0) is 9.53 Å². The average Bonchev–Trinajstić information content (AvgIpc) is 2.79. The van der Waals surface area contributed by atoms with Crippen molar-refractivity contribution in [2.75, 3.05) is 11.9 Å². The molecule has 2 amide bonds. The Hall–Kier alpha value is -2.03. The van der Waals surface area contributed by atoms with Crippen molar-refractivity contribution in [3.63, 3.8) is 0 Å². The van der Waals surface area contributed by atoms with Crippen LogP contribution in [0, 0.1) is 11.6 Å². The molecule has 5 nitrogen and oxygen atoms in total. The molecule has 144 valence electrons. The van der Waals surface area contributed by atoms with Gasteiger partial charge in [-0.3, -0.25) is 9.69 Å². The molecule has 0 saturated carbocycles. The smallest absolute Gasteiger partial charge is 0.411 e. The molecule has 1 saturated heterocycles. The molecule has 0 aliphatic carbocycles. The summed E-state index contributed by atoms with van der Waals surface area (Å²) in [5.74, 6) is -6.54. The molecule has 26 heavy (non-hydrogen) atoms. The van der Waals surface area contributed by atoms with Crippen molar-refractivity contribution in [3.05, 3.63) is 28.8 Å². The lowest BCUT2D eigenvalue weighted by Gasteiger charge is -2.27. The fourth-order valence-electron chi connectivity index (χ4n) is 2.40. The highest BCUT2D eigenvalue weighted by atomic mass is 35.5. The molecule has 1 N–H and O–H groups in total. The zero-order chi connectivity index (χ0) is 19.9. The van der Waals surface area contributed by atoms with Crippen LogP contribution in [0.4, 0.5) is 28.0 Å². The SMILES string of the molecule is CC(C)(C)OC(=O)N1CC(F)(F)C[C@H]1C(=O)Nc1cc(Cl)c(F)cc1F. The zero-order valence-corrected chi connectivity index (χ0v) is 15.0. The molecule has 0 aromatic heterocycles. The predicted molar refractivity (Wildman–Crippen MR) is 86.3 cm³/mol. The molecule has 1 heterocycles. The van der Waals surface area contributed by atoms with Crippen molar-refractivity contribution in [2.45, 2.75) is 44.8 Å². The van der Waals surface area contributed by atoms with Gasteiger partial charge in [0.25, 0.3) is 5.92 Å². The minimum absolute atomic E-state index is 0.451. The van der Waals surface area contributed by atoms with Crippen LogP contribution >= 0.6 is 11.6 Å². The number of ether oxygens (including phenoxy) is 1. The summed E-state index contributed by atoms with van der Waals surface area (Å²) in [6.45, 7) is 3.63. The molecule has 1 aliphatic rings. The Kier molecular flexibility index (Phi) is 5.41. The van der Waals surface area contributed by atoms with Crippen LogP contribution in [0.25, 0.3) is 0 Å². The summed E-state index contributed by atoms with van der Waals surface area (Å²) in [6, 6.07) is -0.315. The molecular weight excluding hydrogens is 380 g/mol. The van der Waals surface area contributed by atoms with Gasteiger partial charge in [0, 0.05) is 12.5 Å². The van der Waals surface area contributed by atoms with Gasteiger partial charge in [-0.05, 0) is 26.8 Å². The molecule has 0 spiro atoms. The fourth-order valence-corrected chi connectivity index (χ4v) is 2.56. The highest BCUT2D eigenvalue weighted by Crippen LogP contribution is 2.34. The van der Waals surface area contributed by atoms with Crippen molar-refractivity contribution < 1.29 is 31.9 Å². The summed E-state index contributed by atoms with van der Waals surface area (Å²) in [7, 11) is 0. The van der Waals surface area contributed by atoms with Crippen LogP contribution in [-0.4, -0.2) is 41.0 Å². The van der Waals surface area contributed by atoms with E-state index in [4.69, 9.17) is 16.3 Å². The monoisotopic (exact) mass is 396 g/mol. The number of alkyl halides is 2. The molecular formula is C16H17ClF4N2O3. The maximum Gasteiger partial charge on any atom is 0.411 e. The quantitative estimate of drug-likeness (QED) is 0.602. The van der Waals surface area contributed by atoms with E-state index in [1.54, 1.807) is 20.8 Å². The lowest BCUT2D eigenvalue weighted by molar-refractivity contribution is -0.120. The van der Waals surface area contributed by atoms with E-state index in [-0.39, 0.29) is 0 Å². The van der Waals surface area contributed by atoms with Crippen LogP contribution < -0.4 is 5.32 Å². The van der Waals surface area contributed by atoms with E-state index < -0.39 is 64.9 Å². The Bertz CT molecular complexity index is 737. The standard InChI is InChI=1S/C16H17ClF4N2O3/c1-15(2,3)26-14(25)23-7-16(20,21)6-12(23)13(24)22-11-4-8(17)9(18)5-10(11)19/h4-5,12H,6-7H2,1-3H3,(H,22,24)/t12-/m0/s1. The van der Waals surface area contributed by atoms with E-state index in [9.17, 15) is 27.2 Å². The Balaban J connectivity index is 2.22. The van der Waals surface area contributed by atoms with Crippen molar-refractivity contribution >= 4 is 29.3 Å². The number of benzene rings is 1. The first-order valence-electron chi connectivity index (χ1n) is 7.62. The summed E-state index contributed by atoms with van der Waals surface area (Å²) in [6.07, 6.45) is -2.04. The molecule has 2 rings (SSSR count). The second kappa shape index (κ2) is 6.94. The Morgan fingerprint density at radius 2 is 1.88 bits per heavy atom. The third kappa shape index (κ3) is 4.78. The number of halogens is 5. The normalized spacial score (nSPS) is 19.4. The lowest BCUT2D eigenvalue weighted by atomic mass is 10.1. The van der Waals surface area contributed by atoms with Crippen LogP contribution in [0.15, 0.2) is 12.1 Å². The third-order valence-corrected chi connectivity index (χ3v) is 3.76. The van der Waals surface area contributed by atoms with E-state index in [0.717, 1.165) is 6.07 Å². The second-order valence-corrected chi connectivity index (χ2v) is 7.33. The average molecular weight is 397 g/mol. The van der Waals surface area contributed by atoms with Gasteiger partial charge in [-0.15, -0.1) is 0 Å². The van der Waals surface area contributed by atoms with E-state index in [0.29, 0.717) is 11.0 Å². The third-order valence-electron chi connectivity index (χ3n) is 3.47. The van der Waals surface area contributed by atoms with Crippen LogP contribution in [0.3, 0.4) is 0 Å². The first-order chi connectivity index (χ1) is 11.8. The minimum Gasteiger partial charge on any atom is -0.444 e. The van der Waals surface area contributed by atoms with Gasteiger partial charge in [0.1, 0.15) is 23.3 Å². The van der Waals surface area contributed by atoms with Crippen LogP contribution in [0.1, 0.15) is 27.2 Å². The first kappa shape index (κ1) is 20.3. The molecule has 0 bridgehead atoms. The Labute approximate surface area is 152 Å². The van der Waals surface area contributed by atoms with Gasteiger partial charge in [-0.1, -0.05) is 11.6 Å². The van der Waals surface area contributed by atoms with E-state index in [1.807, 2.05) is 0 Å². The van der Waals surface area contributed by atoms with E-state index in [2.05, 4.69) is 5.32 Å². The zero-order valence-electron chi connectivity index (χ0n) is 14.2. The van der Waals surface area contributed by atoms with Crippen molar-refractivity contribution in [2.24, 2.45) is 0 Å². The molecule has 1 aliphatic heterocycles. The summed E-state index contributed by atoms with van der Waals surface area (Å²) in [4.78, 5) is 25.0. The Morgan fingerprint density at radius 3 is 2.46 bits per heavy atom. The minimum atomic E-state index is -3.31. The van der Waals surface area contributed by atoms with E-state index >= 15 is 0 Å². The topological polar surface area (TPSA) is 58.6 Å².